The second kappa shape index (κ2) is 6.99. The van der Waals surface area contributed by atoms with Crippen LogP contribution in [0.25, 0.3) is 0 Å². The standard InChI is InChI=1S/C13H8Br2N2O2S/c14-10-7-9(12(15)20-10)13(19)17-11-5-1-3-8(16-11)4-2-6-18/h1,3,5,7,18H,6H2,(H,16,17,19). The fourth-order valence-corrected chi connectivity index (χ4v) is 4.18. The van der Waals surface area contributed by atoms with Gasteiger partial charge in [-0.15, -0.1) is 11.3 Å². The van der Waals surface area contributed by atoms with Crippen LogP contribution in [0.4, 0.5) is 5.82 Å². The summed E-state index contributed by atoms with van der Waals surface area (Å²) < 4.78 is 1.61. The van der Waals surface area contributed by atoms with Gasteiger partial charge in [-0.25, -0.2) is 4.98 Å². The molecule has 2 aromatic rings. The molecule has 2 aromatic heterocycles. The number of rotatable bonds is 2. The van der Waals surface area contributed by atoms with Gasteiger partial charge in [-0.05, 0) is 56.0 Å². The Labute approximate surface area is 136 Å². The molecule has 2 rings (SSSR count). The minimum Gasteiger partial charge on any atom is -0.384 e. The molecule has 0 aliphatic carbocycles. The number of aromatic nitrogens is 1. The number of aliphatic hydroxyl groups is 1. The normalized spacial score (nSPS) is 9.75. The Morgan fingerprint density at radius 3 is 2.90 bits per heavy atom. The maximum absolute atomic E-state index is 12.1. The van der Waals surface area contributed by atoms with E-state index < -0.39 is 0 Å². The smallest absolute Gasteiger partial charge is 0.258 e. The summed E-state index contributed by atoms with van der Waals surface area (Å²) in [5.74, 6) is 5.35. The third kappa shape index (κ3) is 3.90. The second-order valence-electron chi connectivity index (χ2n) is 3.56. The van der Waals surface area contributed by atoms with Crippen molar-refractivity contribution in [2.45, 2.75) is 0 Å². The number of anilines is 1. The van der Waals surface area contributed by atoms with E-state index in [2.05, 4.69) is 54.0 Å². The average molecular weight is 416 g/mol. The van der Waals surface area contributed by atoms with E-state index >= 15 is 0 Å². The summed E-state index contributed by atoms with van der Waals surface area (Å²) >= 11 is 8.09. The summed E-state index contributed by atoms with van der Waals surface area (Å²) in [5, 5.41) is 11.3. The Balaban J connectivity index is 2.17. The van der Waals surface area contributed by atoms with Gasteiger partial charge in [0, 0.05) is 0 Å². The summed E-state index contributed by atoms with van der Waals surface area (Å²) in [4.78, 5) is 16.3. The molecule has 1 amide bonds. The molecule has 4 nitrogen and oxygen atoms in total. The van der Waals surface area contributed by atoms with Crippen LogP contribution in [0.3, 0.4) is 0 Å². The molecule has 0 radical (unpaired) electrons. The zero-order valence-corrected chi connectivity index (χ0v) is 14.0. The molecular weight excluding hydrogens is 408 g/mol. The van der Waals surface area contributed by atoms with E-state index in [-0.39, 0.29) is 12.5 Å². The number of nitrogens with zero attached hydrogens (tertiary/aromatic N) is 1. The van der Waals surface area contributed by atoms with Gasteiger partial charge in [0.1, 0.15) is 18.1 Å². The first kappa shape index (κ1) is 15.2. The van der Waals surface area contributed by atoms with E-state index in [4.69, 9.17) is 5.11 Å². The summed E-state index contributed by atoms with van der Waals surface area (Å²) in [6, 6.07) is 6.86. The SMILES string of the molecule is O=C(Nc1cccc(C#CCO)n1)c1cc(Br)sc1Br. The van der Waals surface area contributed by atoms with Gasteiger partial charge in [-0.2, -0.15) is 0 Å². The first-order valence-electron chi connectivity index (χ1n) is 5.43. The quantitative estimate of drug-likeness (QED) is 0.740. The predicted octanol–water partition coefficient (Wildman–Crippen LogP) is 3.26. The molecule has 2 N–H and O–H groups in total. The molecule has 0 saturated heterocycles. The van der Waals surface area contributed by atoms with E-state index in [1.165, 1.54) is 11.3 Å². The van der Waals surface area contributed by atoms with Gasteiger partial charge >= 0.3 is 0 Å². The Bertz CT molecular complexity index is 704. The summed E-state index contributed by atoms with van der Waals surface area (Å²) in [6.07, 6.45) is 0. The number of halogens is 2. The van der Waals surface area contributed by atoms with Gasteiger partial charge in [0.2, 0.25) is 0 Å². The largest absolute Gasteiger partial charge is 0.384 e. The van der Waals surface area contributed by atoms with Crippen LogP contribution in [0.5, 0.6) is 0 Å². The lowest BCUT2D eigenvalue weighted by Gasteiger charge is -2.03. The summed E-state index contributed by atoms with van der Waals surface area (Å²) in [5.41, 5.74) is 1.03. The molecule has 0 bridgehead atoms. The van der Waals surface area contributed by atoms with Crippen molar-refractivity contribution in [2.24, 2.45) is 0 Å². The van der Waals surface area contributed by atoms with Crippen LogP contribution in [-0.2, 0) is 0 Å². The number of thiophene rings is 1. The highest BCUT2D eigenvalue weighted by molar-refractivity contribution is 9.12. The van der Waals surface area contributed by atoms with Crippen molar-refractivity contribution in [3.63, 3.8) is 0 Å². The molecule has 0 unspecified atom stereocenters. The van der Waals surface area contributed by atoms with Crippen LogP contribution >= 0.6 is 43.2 Å². The van der Waals surface area contributed by atoms with Gasteiger partial charge in [-0.1, -0.05) is 12.0 Å². The highest BCUT2D eigenvalue weighted by Crippen LogP contribution is 2.32. The average Bonchev–Trinajstić information content (AvgIpc) is 2.76. The molecule has 0 spiro atoms. The second-order valence-corrected chi connectivity index (χ2v) is 7.31. The molecule has 2 heterocycles. The van der Waals surface area contributed by atoms with E-state index in [0.29, 0.717) is 17.1 Å². The van der Waals surface area contributed by atoms with E-state index in [1.807, 2.05) is 0 Å². The lowest BCUT2D eigenvalue weighted by Crippen LogP contribution is -2.12. The first-order chi connectivity index (χ1) is 9.60. The van der Waals surface area contributed by atoms with Crippen LogP contribution in [0.15, 0.2) is 31.8 Å². The minimum atomic E-state index is -0.251. The molecule has 0 aliphatic heterocycles. The molecule has 0 atom stereocenters. The number of nitrogens with one attached hydrogen (secondary N) is 1. The highest BCUT2D eigenvalue weighted by Gasteiger charge is 2.14. The third-order valence-corrected chi connectivity index (χ3v) is 4.53. The van der Waals surface area contributed by atoms with Crippen molar-refractivity contribution in [1.82, 2.24) is 4.98 Å². The van der Waals surface area contributed by atoms with Crippen LogP contribution < -0.4 is 5.32 Å². The highest BCUT2D eigenvalue weighted by atomic mass is 79.9. The van der Waals surface area contributed by atoms with Gasteiger partial charge in [-0.3, -0.25) is 4.79 Å². The molecule has 0 saturated carbocycles. The Hall–Kier alpha value is -1.20. The molecule has 20 heavy (non-hydrogen) atoms. The lowest BCUT2D eigenvalue weighted by atomic mass is 10.3. The Morgan fingerprint density at radius 2 is 2.25 bits per heavy atom. The molecular formula is C13H8Br2N2O2S. The number of carbonyl (C=O) groups is 1. The van der Waals surface area contributed by atoms with Gasteiger partial charge in [0.15, 0.2) is 0 Å². The maximum atomic E-state index is 12.1. The van der Waals surface area contributed by atoms with Gasteiger partial charge < -0.3 is 10.4 Å². The van der Waals surface area contributed by atoms with Crippen molar-refractivity contribution in [1.29, 1.82) is 0 Å². The van der Waals surface area contributed by atoms with E-state index in [1.54, 1.807) is 24.3 Å². The van der Waals surface area contributed by atoms with Gasteiger partial charge in [0.25, 0.3) is 5.91 Å². The maximum Gasteiger partial charge on any atom is 0.258 e. The number of hydrogen-bond donors (Lipinski definition) is 2. The number of amides is 1. The Morgan fingerprint density at radius 1 is 1.45 bits per heavy atom. The predicted molar refractivity (Wildman–Crippen MR) is 85.9 cm³/mol. The molecule has 7 heteroatoms. The lowest BCUT2D eigenvalue weighted by molar-refractivity contribution is 0.102. The topological polar surface area (TPSA) is 62.2 Å². The number of aliphatic hydroxyl groups excluding tert-OH is 1. The van der Waals surface area contributed by atoms with Crippen molar-refractivity contribution in [2.75, 3.05) is 11.9 Å². The minimum absolute atomic E-state index is 0.228. The number of carbonyl (C=O) groups excluding carboxylic acids is 1. The Kier molecular flexibility index (Phi) is 5.31. The van der Waals surface area contributed by atoms with Crippen molar-refractivity contribution in [3.8, 4) is 11.8 Å². The molecule has 0 aromatic carbocycles. The molecule has 102 valence electrons. The van der Waals surface area contributed by atoms with Crippen LogP contribution in [-0.4, -0.2) is 22.6 Å². The van der Waals surface area contributed by atoms with Crippen molar-refractivity contribution in [3.05, 3.63) is 43.1 Å². The third-order valence-electron chi connectivity index (χ3n) is 2.19. The summed E-state index contributed by atoms with van der Waals surface area (Å²) in [7, 11) is 0. The molecule has 0 fully saturated rings. The number of pyridine rings is 1. The molecule has 0 aliphatic rings. The van der Waals surface area contributed by atoms with Crippen LogP contribution in [0.1, 0.15) is 16.1 Å². The first-order valence-corrected chi connectivity index (χ1v) is 7.83. The van der Waals surface area contributed by atoms with Crippen molar-refractivity contribution < 1.29 is 9.90 Å². The number of hydrogen-bond acceptors (Lipinski definition) is 4. The zero-order chi connectivity index (χ0) is 14.5. The zero-order valence-electron chi connectivity index (χ0n) is 9.98. The van der Waals surface area contributed by atoms with E-state index in [0.717, 1.165) is 7.57 Å². The van der Waals surface area contributed by atoms with Gasteiger partial charge in [0.05, 0.1) is 13.1 Å². The van der Waals surface area contributed by atoms with Crippen LogP contribution in [0, 0.1) is 11.8 Å². The summed E-state index contributed by atoms with van der Waals surface area (Å²) in [6.45, 7) is -0.228. The van der Waals surface area contributed by atoms with E-state index in [9.17, 15) is 4.79 Å². The van der Waals surface area contributed by atoms with Crippen LogP contribution in [0.2, 0.25) is 0 Å². The van der Waals surface area contributed by atoms with Crippen molar-refractivity contribution >= 4 is 54.9 Å². The monoisotopic (exact) mass is 414 g/mol. The fourth-order valence-electron chi connectivity index (χ4n) is 1.38. The fraction of sp³-hybridized carbons (Fsp3) is 0.0769.